The molecule has 0 fully saturated rings. The number of terminal acetylenes is 1. The third-order valence-electron chi connectivity index (χ3n) is 1.48. The first-order valence-electron chi connectivity index (χ1n) is 4.49. The van der Waals surface area contributed by atoms with E-state index in [-0.39, 0.29) is 6.61 Å². The lowest BCUT2D eigenvalue weighted by Gasteiger charge is -2.23. The second-order valence-electron chi connectivity index (χ2n) is 3.24. The third-order valence-corrected chi connectivity index (χ3v) is 3.07. The molecule has 0 radical (unpaired) electrons. The summed E-state index contributed by atoms with van der Waals surface area (Å²) in [5.41, 5.74) is -0.985. The topological polar surface area (TPSA) is 44.8 Å². The van der Waals surface area contributed by atoms with Crippen LogP contribution in [-0.2, 0) is 18.1 Å². The van der Waals surface area contributed by atoms with E-state index in [0.717, 1.165) is 0 Å². The standard InChI is InChI=1S/C10H17O4P/c1-6-8-9-13-15(11,12-5)14-10(3,4)7-2/h2,6,8H,9H2,1,3-5H3/b8-6+. The van der Waals surface area contributed by atoms with E-state index >= 15 is 0 Å². The molecule has 0 aliphatic heterocycles. The van der Waals surface area contributed by atoms with Crippen molar-refractivity contribution in [2.45, 2.75) is 26.4 Å². The summed E-state index contributed by atoms with van der Waals surface area (Å²) in [6, 6.07) is 0. The number of phosphoric acid groups is 1. The maximum absolute atomic E-state index is 11.8. The van der Waals surface area contributed by atoms with E-state index in [9.17, 15) is 4.57 Å². The Bertz CT molecular complexity index is 301. The first-order valence-corrected chi connectivity index (χ1v) is 5.95. The molecule has 1 unspecified atom stereocenters. The van der Waals surface area contributed by atoms with Gasteiger partial charge in [-0.2, -0.15) is 0 Å². The highest BCUT2D eigenvalue weighted by molar-refractivity contribution is 7.48. The minimum absolute atomic E-state index is 0.155. The molecule has 86 valence electrons. The largest absolute Gasteiger partial charge is 0.476 e. The second-order valence-corrected chi connectivity index (χ2v) is 4.94. The summed E-state index contributed by atoms with van der Waals surface area (Å²) in [6.07, 6.45) is 8.66. The van der Waals surface area contributed by atoms with E-state index in [2.05, 4.69) is 5.92 Å². The van der Waals surface area contributed by atoms with Crippen molar-refractivity contribution in [2.24, 2.45) is 0 Å². The zero-order valence-electron chi connectivity index (χ0n) is 9.52. The van der Waals surface area contributed by atoms with Crippen LogP contribution in [0.2, 0.25) is 0 Å². The van der Waals surface area contributed by atoms with Gasteiger partial charge in [0.1, 0.15) is 5.60 Å². The van der Waals surface area contributed by atoms with Crippen LogP contribution in [0.25, 0.3) is 0 Å². The monoisotopic (exact) mass is 232 g/mol. The van der Waals surface area contributed by atoms with Crippen molar-refractivity contribution in [3.63, 3.8) is 0 Å². The van der Waals surface area contributed by atoms with Crippen LogP contribution in [0.15, 0.2) is 12.2 Å². The quantitative estimate of drug-likeness (QED) is 0.401. The minimum atomic E-state index is -3.56. The van der Waals surface area contributed by atoms with Gasteiger partial charge >= 0.3 is 7.82 Å². The highest BCUT2D eigenvalue weighted by atomic mass is 31.2. The SMILES string of the molecule is C#CC(C)(C)OP(=O)(OC)OC/C=C/C. The van der Waals surface area contributed by atoms with Crippen LogP contribution in [0.4, 0.5) is 0 Å². The third kappa shape index (κ3) is 5.76. The molecule has 0 saturated carbocycles. The fraction of sp³-hybridized carbons (Fsp3) is 0.600. The molecule has 0 saturated heterocycles. The van der Waals surface area contributed by atoms with Crippen molar-refractivity contribution in [3.05, 3.63) is 12.2 Å². The molecule has 0 N–H and O–H groups in total. The van der Waals surface area contributed by atoms with E-state index < -0.39 is 13.4 Å². The molecule has 0 aliphatic carbocycles. The van der Waals surface area contributed by atoms with Gasteiger partial charge in [-0.1, -0.05) is 18.1 Å². The van der Waals surface area contributed by atoms with Gasteiger partial charge in [-0.15, -0.1) is 6.42 Å². The van der Waals surface area contributed by atoms with Crippen LogP contribution < -0.4 is 0 Å². The van der Waals surface area contributed by atoms with Gasteiger partial charge in [-0.05, 0) is 20.8 Å². The normalized spacial score (nSPS) is 16.2. The van der Waals surface area contributed by atoms with Crippen LogP contribution in [0.3, 0.4) is 0 Å². The molecular formula is C10H17O4P. The van der Waals surface area contributed by atoms with Crippen LogP contribution in [0.1, 0.15) is 20.8 Å². The molecule has 5 heteroatoms. The van der Waals surface area contributed by atoms with Crippen molar-refractivity contribution in [3.8, 4) is 12.3 Å². The molecular weight excluding hydrogens is 215 g/mol. The Hall–Kier alpha value is -0.590. The fourth-order valence-corrected chi connectivity index (χ4v) is 1.77. The molecule has 0 bridgehead atoms. The molecule has 0 rings (SSSR count). The van der Waals surface area contributed by atoms with E-state index in [1.165, 1.54) is 7.11 Å². The van der Waals surface area contributed by atoms with Crippen molar-refractivity contribution < 1.29 is 18.1 Å². The molecule has 1 atom stereocenters. The van der Waals surface area contributed by atoms with Gasteiger partial charge in [0.15, 0.2) is 0 Å². The summed E-state index contributed by atoms with van der Waals surface area (Å²) in [5.74, 6) is 2.35. The Morgan fingerprint density at radius 3 is 2.53 bits per heavy atom. The van der Waals surface area contributed by atoms with Crippen molar-refractivity contribution in [2.75, 3.05) is 13.7 Å². The number of rotatable bonds is 6. The van der Waals surface area contributed by atoms with E-state index in [0.29, 0.717) is 0 Å². The summed E-state index contributed by atoms with van der Waals surface area (Å²) >= 11 is 0. The Morgan fingerprint density at radius 1 is 1.53 bits per heavy atom. The van der Waals surface area contributed by atoms with Gasteiger partial charge in [-0.25, -0.2) is 4.57 Å². The highest BCUT2D eigenvalue weighted by Crippen LogP contribution is 2.51. The van der Waals surface area contributed by atoms with Gasteiger partial charge in [0.2, 0.25) is 0 Å². The molecule has 0 aromatic rings. The van der Waals surface area contributed by atoms with Gasteiger partial charge in [-0.3, -0.25) is 13.6 Å². The Kier molecular flexibility index (Phi) is 5.85. The molecule has 0 aromatic heterocycles. The van der Waals surface area contributed by atoms with Crippen LogP contribution >= 0.6 is 7.82 Å². The average Bonchev–Trinajstić information content (AvgIpc) is 2.18. The van der Waals surface area contributed by atoms with Crippen LogP contribution in [0, 0.1) is 12.3 Å². The maximum Gasteiger partial charge on any atom is 0.476 e. The molecule has 0 aliphatic rings. The molecule has 0 spiro atoms. The summed E-state index contributed by atoms with van der Waals surface area (Å²) in [6.45, 7) is 5.20. The molecule has 0 aromatic carbocycles. The fourth-order valence-electron chi connectivity index (χ4n) is 0.653. The summed E-state index contributed by atoms with van der Waals surface area (Å²) in [5, 5.41) is 0. The summed E-state index contributed by atoms with van der Waals surface area (Å²) in [7, 11) is -2.31. The average molecular weight is 232 g/mol. The van der Waals surface area contributed by atoms with E-state index in [4.69, 9.17) is 20.0 Å². The molecule has 15 heavy (non-hydrogen) atoms. The van der Waals surface area contributed by atoms with Gasteiger partial charge in [0, 0.05) is 7.11 Å². The Balaban J connectivity index is 4.46. The van der Waals surface area contributed by atoms with Gasteiger partial charge < -0.3 is 0 Å². The first kappa shape index (κ1) is 14.4. The summed E-state index contributed by atoms with van der Waals surface area (Å²) < 4.78 is 26.6. The predicted molar refractivity (Wildman–Crippen MR) is 59.4 cm³/mol. The molecule has 0 heterocycles. The maximum atomic E-state index is 11.8. The lowest BCUT2D eigenvalue weighted by molar-refractivity contribution is 0.0799. The number of hydrogen-bond donors (Lipinski definition) is 0. The van der Waals surface area contributed by atoms with Crippen molar-refractivity contribution >= 4 is 7.82 Å². The molecule has 4 nitrogen and oxygen atoms in total. The number of hydrogen-bond acceptors (Lipinski definition) is 4. The predicted octanol–water partition coefficient (Wildman–Crippen LogP) is 2.76. The smallest absolute Gasteiger partial charge is 0.290 e. The van der Waals surface area contributed by atoms with E-state index in [1.807, 2.05) is 6.92 Å². The lowest BCUT2D eigenvalue weighted by Crippen LogP contribution is -2.21. The van der Waals surface area contributed by atoms with Crippen molar-refractivity contribution in [1.29, 1.82) is 0 Å². The number of phosphoric ester groups is 1. The Labute approximate surface area is 91.2 Å². The number of allylic oxidation sites excluding steroid dienone is 1. The van der Waals surface area contributed by atoms with Gasteiger partial charge in [0.05, 0.1) is 6.61 Å². The van der Waals surface area contributed by atoms with Crippen LogP contribution in [-0.4, -0.2) is 19.3 Å². The summed E-state index contributed by atoms with van der Waals surface area (Å²) in [4.78, 5) is 0. The Morgan fingerprint density at radius 2 is 2.13 bits per heavy atom. The van der Waals surface area contributed by atoms with Gasteiger partial charge in [0.25, 0.3) is 0 Å². The molecule has 0 amide bonds. The zero-order valence-corrected chi connectivity index (χ0v) is 10.4. The van der Waals surface area contributed by atoms with Crippen molar-refractivity contribution in [1.82, 2.24) is 0 Å². The lowest BCUT2D eigenvalue weighted by atomic mass is 10.2. The van der Waals surface area contributed by atoms with Crippen LogP contribution in [0.5, 0.6) is 0 Å². The highest BCUT2D eigenvalue weighted by Gasteiger charge is 2.32. The van der Waals surface area contributed by atoms with E-state index in [1.54, 1.807) is 26.0 Å². The second kappa shape index (κ2) is 6.09. The zero-order chi connectivity index (χ0) is 11.9. The minimum Gasteiger partial charge on any atom is -0.290 e. The first-order chi connectivity index (χ1) is 6.89.